The Labute approximate surface area is 92.5 Å². The van der Waals surface area contributed by atoms with Gasteiger partial charge in [-0.3, -0.25) is 0 Å². The number of para-hydroxylation sites is 1. The smallest absolute Gasteiger partial charge is 0.351 e. The Morgan fingerprint density at radius 1 is 1.38 bits per heavy atom. The first-order valence-corrected chi connectivity index (χ1v) is 4.75. The van der Waals surface area contributed by atoms with Crippen LogP contribution in [0, 0.1) is 0 Å². The predicted molar refractivity (Wildman–Crippen MR) is 54.2 cm³/mol. The molecule has 0 saturated carbocycles. The van der Waals surface area contributed by atoms with Crippen molar-refractivity contribution < 1.29 is 24.1 Å². The van der Waals surface area contributed by atoms with Crippen molar-refractivity contribution in [3.63, 3.8) is 0 Å². The molecule has 0 amide bonds. The maximum absolute atomic E-state index is 11.1. The van der Waals surface area contributed by atoms with Crippen molar-refractivity contribution in [1.29, 1.82) is 0 Å². The van der Waals surface area contributed by atoms with Crippen molar-refractivity contribution in [2.45, 2.75) is 11.9 Å². The fourth-order valence-electron chi connectivity index (χ4n) is 1.93. The molecule has 1 aromatic rings. The molecule has 0 radical (unpaired) electrons. The number of ether oxygens (including phenoxy) is 3. The molecule has 0 bridgehead atoms. The van der Waals surface area contributed by atoms with E-state index in [4.69, 9.17) is 19.3 Å². The van der Waals surface area contributed by atoms with Crippen LogP contribution >= 0.6 is 0 Å². The van der Waals surface area contributed by atoms with E-state index in [2.05, 4.69) is 0 Å². The quantitative estimate of drug-likeness (QED) is 0.775. The number of carboxylic acids is 1. The average Bonchev–Trinajstić information content (AvgIpc) is 2.64. The lowest BCUT2D eigenvalue weighted by Crippen LogP contribution is -2.46. The molecule has 0 saturated heterocycles. The van der Waals surface area contributed by atoms with Gasteiger partial charge in [-0.05, 0) is 12.1 Å². The van der Waals surface area contributed by atoms with Gasteiger partial charge in [0.1, 0.15) is 5.75 Å². The lowest BCUT2D eigenvalue weighted by atomic mass is 10.0. The van der Waals surface area contributed by atoms with Gasteiger partial charge in [0.25, 0.3) is 6.10 Å². The van der Waals surface area contributed by atoms with Crippen molar-refractivity contribution in [3.8, 4) is 5.75 Å². The Balaban J connectivity index is 2.55. The maximum atomic E-state index is 11.1. The molecule has 1 aromatic carbocycles. The number of benzene rings is 1. The first-order chi connectivity index (χ1) is 7.65. The third kappa shape index (κ3) is 1.29. The molecule has 1 unspecified atom stereocenters. The number of fused-ring (bicyclic) bond motifs is 1. The van der Waals surface area contributed by atoms with Crippen molar-refractivity contribution in [3.05, 3.63) is 29.8 Å². The molecular formula is C11H12O5. The van der Waals surface area contributed by atoms with Crippen molar-refractivity contribution in [2.24, 2.45) is 0 Å². The highest BCUT2D eigenvalue weighted by Gasteiger charge is 2.54. The minimum atomic E-state index is -1.37. The summed E-state index contributed by atoms with van der Waals surface area (Å²) in [6.07, 6.45) is -1.19. The van der Waals surface area contributed by atoms with Crippen LogP contribution in [0.25, 0.3) is 0 Å². The molecule has 1 heterocycles. The summed E-state index contributed by atoms with van der Waals surface area (Å²) in [5, 5.41) is 9.10. The fourth-order valence-corrected chi connectivity index (χ4v) is 1.93. The fraction of sp³-hybridized carbons (Fsp3) is 0.364. The zero-order valence-corrected chi connectivity index (χ0v) is 8.97. The van der Waals surface area contributed by atoms with Gasteiger partial charge in [0, 0.05) is 14.2 Å². The van der Waals surface area contributed by atoms with Crippen molar-refractivity contribution in [1.82, 2.24) is 0 Å². The third-order valence-corrected chi connectivity index (χ3v) is 2.68. The van der Waals surface area contributed by atoms with Crippen LogP contribution in [-0.2, 0) is 20.1 Å². The highest BCUT2D eigenvalue weighted by atomic mass is 16.7. The topological polar surface area (TPSA) is 65.0 Å². The minimum Gasteiger partial charge on any atom is -0.478 e. The van der Waals surface area contributed by atoms with Gasteiger partial charge < -0.3 is 19.3 Å². The second kappa shape index (κ2) is 3.77. The summed E-state index contributed by atoms with van der Waals surface area (Å²) in [7, 11) is 2.79. The van der Waals surface area contributed by atoms with Gasteiger partial charge in [-0.1, -0.05) is 12.1 Å². The molecule has 0 spiro atoms. The summed E-state index contributed by atoms with van der Waals surface area (Å²) >= 11 is 0. The molecule has 0 aromatic heterocycles. The summed E-state index contributed by atoms with van der Waals surface area (Å²) in [5.41, 5.74) is 0.590. The summed E-state index contributed by atoms with van der Waals surface area (Å²) in [6.45, 7) is 0. The van der Waals surface area contributed by atoms with Gasteiger partial charge in [0.15, 0.2) is 0 Å². The van der Waals surface area contributed by atoms with Gasteiger partial charge in [0.05, 0.1) is 5.56 Å². The zero-order chi connectivity index (χ0) is 11.8. The SMILES string of the molecule is COC1(OC)c2ccccc2OC1C(=O)O. The van der Waals surface area contributed by atoms with E-state index in [0.717, 1.165) is 0 Å². The molecule has 5 heteroatoms. The lowest BCUT2D eigenvalue weighted by Gasteiger charge is -2.28. The Morgan fingerprint density at radius 2 is 2.00 bits per heavy atom. The summed E-state index contributed by atoms with van der Waals surface area (Å²) in [4.78, 5) is 11.1. The van der Waals surface area contributed by atoms with E-state index >= 15 is 0 Å². The van der Waals surface area contributed by atoms with Crippen LogP contribution in [0.15, 0.2) is 24.3 Å². The summed E-state index contributed by atoms with van der Waals surface area (Å²) in [6, 6.07) is 6.95. The minimum absolute atomic E-state index is 0.471. The molecule has 0 aliphatic carbocycles. The van der Waals surface area contributed by atoms with Gasteiger partial charge in [-0.2, -0.15) is 0 Å². The number of rotatable bonds is 3. The van der Waals surface area contributed by atoms with Crippen LogP contribution in [0.2, 0.25) is 0 Å². The number of carbonyl (C=O) groups is 1. The number of hydrogen-bond acceptors (Lipinski definition) is 4. The van der Waals surface area contributed by atoms with Crippen molar-refractivity contribution >= 4 is 5.97 Å². The normalized spacial score (nSPS) is 21.2. The standard InChI is InChI=1S/C11H12O5/c1-14-11(15-2)7-5-3-4-6-8(7)16-9(11)10(12)13/h3-6,9H,1-2H3,(H,12,13). The van der Waals surface area contributed by atoms with E-state index in [1.807, 2.05) is 0 Å². The van der Waals surface area contributed by atoms with Crippen LogP contribution in [0.5, 0.6) is 5.75 Å². The predicted octanol–water partition coefficient (Wildman–Crippen LogP) is 0.978. The third-order valence-electron chi connectivity index (χ3n) is 2.68. The largest absolute Gasteiger partial charge is 0.478 e. The van der Waals surface area contributed by atoms with E-state index in [1.54, 1.807) is 24.3 Å². The molecule has 0 fully saturated rings. The molecule has 1 atom stereocenters. The molecule has 5 nitrogen and oxygen atoms in total. The molecule has 1 aliphatic heterocycles. The van der Waals surface area contributed by atoms with Crippen LogP contribution in [-0.4, -0.2) is 31.4 Å². The number of methoxy groups -OCH3 is 2. The Hall–Kier alpha value is -1.59. The van der Waals surface area contributed by atoms with Gasteiger partial charge in [-0.15, -0.1) is 0 Å². The van der Waals surface area contributed by atoms with E-state index in [9.17, 15) is 4.79 Å². The Morgan fingerprint density at radius 3 is 2.56 bits per heavy atom. The summed E-state index contributed by atoms with van der Waals surface area (Å²) in [5.74, 6) is -2.03. The molecule has 16 heavy (non-hydrogen) atoms. The second-order valence-electron chi connectivity index (χ2n) is 3.41. The highest BCUT2D eigenvalue weighted by molar-refractivity contribution is 5.76. The van der Waals surface area contributed by atoms with Gasteiger partial charge in [0.2, 0.25) is 5.79 Å². The monoisotopic (exact) mass is 224 g/mol. The Bertz CT molecular complexity index is 411. The number of hydrogen-bond donors (Lipinski definition) is 1. The first kappa shape index (κ1) is 10.9. The van der Waals surface area contributed by atoms with Gasteiger partial charge in [-0.25, -0.2) is 4.79 Å². The van der Waals surface area contributed by atoms with E-state index in [0.29, 0.717) is 11.3 Å². The summed E-state index contributed by atoms with van der Waals surface area (Å²) < 4.78 is 15.8. The second-order valence-corrected chi connectivity index (χ2v) is 3.41. The molecular weight excluding hydrogens is 212 g/mol. The van der Waals surface area contributed by atoms with E-state index < -0.39 is 17.9 Å². The number of carboxylic acid groups (broad SMARTS) is 1. The Kier molecular flexibility index (Phi) is 2.57. The first-order valence-electron chi connectivity index (χ1n) is 4.75. The maximum Gasteiger partial charge on any atom is 0.351 e. The van der Waals surface area contributed by atoms with Crippen LogP contribution in [0.1, 0.15) is 5.56 Å². The average molecular weight is 224 g/mol. The molecule has 1 N–H and O–H groups in total. The lowest BCUT2D eigenvalue weighted by molar-refractivity contribution is -0.248. The molecule has 2 rings (SSSR count). The van der Waals surface area contributed by atoms with Crippen molar-refractivity contribution in [2.75, 3.05) is 14.2 Å². The highest BCUT2D eigenvalue weighted by Crippen LogP contribution is 2.44. The van der Waals surface area contributed by atoms with Gasteiger partial charge >= 0.3 is 5.97 Å². The number of aliphatic carboxylic acids is 1. The van der Waals surface area contributed by atoms with Crippen LogP contribution in [0.3, 0.4) is 0 Å². The van der Waals surface area contributed by atoms with E-state index in [-0.39, 0.29) is 0 Å². The zero-order valence-electron chi connectivity index (χ0n) is 8.97. The molecule has 1 aliphatic rings. The van der Waals surface area contributed by atoms with Crippen LogP contribution in [0.4, 0.5) is 0 Å². The van der Waals surface area contributed by atoms with E-state index in [1.165, 1.54) is 14.2 Å². The molecule has 86 valence electrons. The van der Waals surface area contributed by atoms with Crippen LogP contribution < -0.4 is 4.74 Å².